The van der Waals surface area contributed by atoms with Gasteiger partial charge >= 0.3 is 0 Å². The average Bonchev–Trinajstić information content (AvgIpc) is 3.74. The Morgan fingerprint density at radius 1 is 1.06 bits per heavy atom. The first-order chi connectivity index (χ1) is 22.5. The molecule has 4 aromatic rings. The van der Waals surface area contributed by atoms with E-state index in [-0.39, 0.29) is 17.7 Å². The number of nitrogens with one attached hydrogen (secondary N) is 5. The van der Waals surface area contributed by atoms with E-state index in [4.69, 9.17) is 9.72 Å². The van der Waals surface area contributed by atoms with Crippen LogP contribution in [0, 0.1) is 5.41 Å². The number of carbonyl (C=O) groups excluding carboxylic acids is 3. The van der Waals surface area contributed by atoms with Gasteiger partial charge in [-0.3, -0.25) is 14.4 Å². The Kier molecular flexibility index (Phi) is 10.2. The van der Waals surface area contributed by atoms with Gasteiger partial charge in [-0.25, -0.2) is 9.97 Å². The molecule has 0 unspecified atom stereocenters. The minimum Gasteiger partial charge on any atom is -0.497 e. The number of ether oxygens (including phenoxy) is 1. The first-order valence-corrected chi connectivity index (χ1v) is 16.3. The molecule has 3 atom stereocenters. The highest BCUT2D eigenvalue weighted by Crippen LogP contribution is 2.31. The van der Waals surface area contributed by atoms with E-state index in [1.54, 1.807) is 38.1 Å². The first-order valence-electron chi connectivity index (χ1n) is 15.4. The quantitative estimate of drug-likeness (QED) is 0.153. The summed E-state index contributed by atoms with van der Waals surface area (Å²) in [6.07, 6.45) is 2.75. The predicted octanol–water partition coefficient (Wildman–Crippen LogP) is 4.65. The maximum absolute atomic E-state index is 13.7. The third-order valence-corrected chi connectivity index (χ3v) is 8.88. The van der Waals surface area contributed by atoms with Crippen molar-refractivity contribution in [3.05, 3.63) is 54.0 Å². The van der Waals surface area contributed by atoms with Crippen LogP contribution in [-0.4, -0.2) is 76.4 Å². The molecule has 4 heterocycles. The van der Waals surface area contributed by atoms with Crippen molar-refractivity contribution in [2.75, 3.05) is 36.7 Å². The highest BCUT2D eigenvalue weighted by atomic mass is 32.1. The number of fused-ring (bicyclic) bond motifs is 1. The number of hydrogen-bond donors (Lipinski definition) is 5. The fraction of sp³-hybridized carbons (Fsp3) is 0.394. The van der Waals surface area contributed by atoms with Gasteiger partial charge in [0.15, 0.2) is 5.82 Å². The number of methoxy groups -OCH3 is 1. The molecule has 5 N–H and O–H groups in total. The number of thiophene rings is 1. The lowest BCUT2D eigenvalue weighted by Gasteiger charge is -2.36. The lowest BCUT2D eigenvalue weighted by molar-refractivity contribution is -0.143. The largest absolute Gasteiger partial charge is 0.497 e. The molecule has 3 aromatic heterocycles. The van der Waals surface area contributed by atoms with E-state index in [2.05, 4.69) is 36.6 Å². The first kappa shape index (κ1) is 33.5. The number of benzene rings is 1. The predicted molar refractivity (Wildman–Crippen MR) is 184 cm³/mol. The van der Waals surface area contributed by atoms with Crippen molar-refractivity contribution in [2.24, 2.45) is 5.41 Å². The number of rotatable bonds is 11. The van der Waals surface area contributed by atoms with E-state index in [1.807, 2.05) is 56.5 Å². The minimum atomic E-state index is -0.784. The van der Waals surface area contributed by atoms with Crippen LogP contribution < -0.4 is 31.3 Å². The molecule has 0 aliphatic carbocycles. The standard InChI is InChI=1S/C33H41N9O4S/c1-19(34-5)29(43)40-27(33(2,3)4)31(45)42-15-8-11-24(42)30(44)37-21-12-13-25(35-18-21)39-32-38-23-14-16-47-26(23)28(41-32)36-20-9-7-10-22(17-20)46-6/h7,9-10,12-14,16-19,24,27,34H,8,11,15H2,1-6H3,(H,37,44)(H,40,43)(H2,35,36,38,39,41)/t19-,24+,27+/m0/s1. The number of hydrogen-bond acceptors (Lipinski definition) is 11. The van der Waals surface area contributed by atoms with Gasteiger partial charge in [-0.2, -0.15) is 4.98 Å². The zero-order valence-electron chi connectivity index (χ0n) is 27.4. The monoisotopic (exact) mass is 659 g/mol. The van der Waals surface area contributed by atoms with Crippen LogP contribution in [0.2, 0.25) is 0 Å². The maximum atomic E-state index is 13.7. The highest BCUT2D eigenvalue weighted by molar-refractivity contribution is 7.17. The molecule has 1 aromatic carbocycles. The van der Waals surface area contributed by atoms with Crippen LogP contribution in [0.5, 0.6) is 5.75 Å². The second-order valence-corrected chi connectivity index (χ2v) is 13.4. The Morgan fingerprint density at radius 3 is 2.57 bits per heavy atom. The molecular weight excluding hydrogens is 618 g/mol. The summed E-state index contributed by atoms with van der Waals surface area (Å²) in [6.45, 7) is 7.86. The van der Waals surface area contributed by atoms with E-state index in [9.17, 15) is 14.4 Å². The van der Waals surface area contributed by atoms with Crippen LogP contribution in [0.25, 0.3) is 10.2 Å². The SMILES string of the molecule is CN[C@@H](C)C(=O)N[C@H](C(=O)N1CCC[C@@H]1C(=O)Nc1ccc(Nc2nc(Nc3cccc(OC)c3)c3sccc3n2)nc1)C(C)(C)C. The van der Waals surface area contributed by atoms with Gasteiger partial charge in [0.2, 0.25) is 23.7 Å². The normalized spacial score (nSPS) is 16.0. The summed E-state index contributed by atoms with van der Waals surface area (Å²) in [5.41, 5.74) is 1.53. The average molecular weight is 660 g/mol. The summed E-state index contributed by atoms with van der Waals surface area (Å²) in [5.74, 6) is 1.37. The van der Waals surface area contributed by atoms with Gasteiger partial charge in [0.1, 0.15) is 23.7 Å². The fourth-order valence-corrected chi connectivity index (χ4v) is 6.02. The molecule has 1 aliphatic rings. The van der Waals surface area contributed by atoms with Gasteiger partial charge in [0.25, 0.3) is 0 Å². The van der Waals surface area contributed by atoms with Crippen molar-refractivity contribution in [2.45, 2.75) is 58.7 Å². The molecule has 248 valence electrons. The van der Waals surface area contributed by atoms with Gasteiger partial charge in [0.05, 0.1) is 35.3 Å². The fourth-order valence-electron chi connectivity index (χ4n) is 5.24. The molecule has 1 fully saturated rings. The second-order valence-electron chi connectivity index (χ2n) is 12.4. The van der Waals surface area contributed by atoms with Crippen LogP contribution >= 0.6 is 11.3 Å². The molecule has 14 heteroatoms. The zero-order chi connectivity index (χ0) is 33.7. The molecule has 5 rings (SSSR count). The van der Waals surface area contributed by atoms with E-state index >= 15 is 0 Å². The van der Waals surface area contributed by atoms with Crippen molar-refractivity contribution >= 4 is 68.2 Å². The summed E-state index contributed by atoms with van der Waals surface area (Å²) in [6, 6.07) is 11.0. The summed E-state index contributed by atoms with van der Waals surface area (Å²) in [5, 5.41) is 17.1. The summed E-state index contributed by atoms with van der Waals surface area (Å²) >= 11 is 1.54. The molecule has 47 heavy (non-hydrogen) atoms. The van der Waals surface area contributed by atoms with E-state index in [0.717, 1.165) is 21.7 Å². The van der Waals surface area contributed by atoms with Crippen molar-refractivity contribution in [1.29, 1.82) is 0 Å². The summed E-state index contributed by atoms with van der Waals surface area (Å²) in [7, 11) is 3.31. The molecule has 0 spiro atoms. The van der Waals surface area contributed by atoms with Gasteiger partial charge in [-0.1, -0.05) is 26.8 Å². The van der Waals surface area contributed by atoms with Crippen LogP contribution in [0.3, 0.4) is 0 Å². The van der Waals surface area contributed by atoms with Crippen molar-refractivity contribution in [3.63, 3.8) is 0 Å². The number of carbonyl (C=O) groups is 3. The van der Waals surface area contributed by atoms with Gasteiger partial charge in [-0.15, -0.1) is 11.3 Å². The Hall–Kier alpha value is -4.82. The summed E-state index contributed by atoms with van der Waals surface area (Å²) < 4.78 is 6.25. The molecular formula is C33H41N9O4S. The van der Waals surface area contributed by atoms with Crippen molar-refractivity contribution in [1.82, 2.24) is 30.5 Å². The molecule has 3 amide bonds. The second kappa shape index (κ2) is 14.3. The molecule has 1 saturated heterocycles. The summed E-state index contributed by atoms with van der Waals surface area (Å²) in [4.78, 5) is 55.1. The molecule has 0 radical (unpaired) electrons. The van der Waals surface area contributed by atoms with Crippen LogP contribution in [0.4, 0.5) is 29.0 Å². The van der Waals surface area contributed by atoms with Crippen LogP contribution in [-0.2, 0) is 14.4 Å². The van der Waals surface area contributed by atoms with E-state index in [0.29, 0.717) is 42.7 Å². The number of amides is 3. The van der Waals surface area contributed by atoms with Crippen LogP contribution in [0.1, 0.15) is 40.5 Å². The van der Waals surface area contributed by atoms with Gasteiger partial charge < -0.3 is 36.2 Å². The Balaban J connectivity index is 1.25. The Labute approximate surface area is 277 Å². The van der Waals surface area contributed by atoms with Gasteiger partial charge in [-0.05, 0) is 67.9 Å². The van der Waals surface area contributed by atoms with Gasteiger partial charge in [0, 0.05) is 18.3 Å². The van der Waals surface area contributed by atoms with Crippen molar-refractivity contribution < 1.29 is 19.1 Å². The number of anilines is 5. The Bertz CT molecular complexity index is 1740. The molecule has 0 bridgehead atoms. The Morgan fingerprint density at radius 2 is 1.87 bits per heavy atom. The van der Waals surface area contributed by atoms with Crippen LogP contribution in [0.15, 0.2) is 54.0 Å². The van der Waals surface area contributed by atoms with E-state index in [1.165, 1.54) is 17.5 Å². The zero-order valence-corrected chi connectivity index (χ0v) is 28.2. The highest BCUT2D eigenvalue weighted by Gasteiger charge is 2.42. The number of pyridine rings is 1. The lowest BCUT2D eigenvalue weighted by Crippen LogP contribution is -2.59. The lowest BCUT2D eigenvalue weighted by atomic mass is 9.85. The molecule has 13 nitrogen and oxygen atoms in total. The topological polar surface area (TPSA) is 162 Å². The third-order valence-electron chi connectivity index (χ3n) is 7.97. The smallest absolute Gasteiger partial charge is 0.247 e. The molecule has 0 saturated carbocycles. The maximum Gasteiger partial charge on any atom is 0.247 e. The number of nitrogens with zero attached hydrogens (tertiary/aromatic N) is 4. The van der Waals surface area contributed by atoms with E-state index < -0.39 is 23.5 Å². The number of likely N-dealkylation sites (N-methyl/N-ethyl adjacent to an activating group) is 1. The minimum absolute atomic E-state index is 0.271. The third kappa shape index (κ3) is 7.95. The number of likely N-dealkylation sites (tertiary alicyclic amines) is 1. The number of aromatic nitrogens is 3. The van der Waals surface area contributed by atoms with Crippen molar-refractivity contribution in [3.8, 4) is 5.75 Å². The molecule has 1 aliphatic heterocycles.